The molecular formula is C10H19F2N. The van der Waals surface area contributed by atoms with Gasteiger partial charge in [0.1, 0.15) is 0 Å². The third-order valence-electron chi connectivity index (χ3n) is 2.26. The lowest BCUT2D eigenvalue weighted by Gasteiger charge is -2.35. The van der Waals surface area contributed by atoms with E-state index < -0.39 is 5.92 Å². The summed E-state index contributed by atoms with van der Waals surface area (Å²) < 4.78 is 24.8. The highest BCUT2D eigenvalue weighted by Gasteiger charge is 2.44. The Labute approximate surface area is 78.9 Å². The van der Waals surface area contributed by atoms with Crippen molar-refractivity contribution >= 4 is 0 Å². The zero-order valence-electron chi connectivity index (χ0n) is 8.66. The Hall–Kier alpha value is -0.180. The number of alkyl halides is 2. The van der Waals surface area contributed by atoms with E-state index in [2.05, 4.69) is 26.1 Å². The van der Waals surface area contributed by atoms with Gasteiger partial charge < -0.3 is 5.32 Å². The summed E-state index contributed by atoms with van der Waals surface area (Å²) in [4.78, 5) is 0. The van der Waals surface area contributed by atoms with Gasteiger partial charge in [0.25, 0.3) is 0 Å². The predicted molar refractivity (Wildman–Crippen MR) is 50.0 cm³/mol. The lowest BCUT2D eigenvalue weighted by atomic mass is 9.81. The van der Waals surface area contributed by atoms with E-state index in [-0.39, 0.29) is 24.2 Å². The van der Waals surface area contributed by atoms with Crippen LogP contribution in [0, 0.1) is 11.3 Å². The zero-order chi connectivity index (χ0) is 10.1. The molecule has 3 heteroatoms. The van der Waals surface area contributed by atoms with Crippen molar-refractivity contribution in [2.75, 3.05) is 13.1 Å². The Balaban J connectivity index is 2.03. The highest BCUT2D eigenvalue weighted by molar-refractivity contribution is 4.87. The van der Waals surface area contributed by atoms with Crippen LogP contribution in [0.5, 0.6) is 0 Å². The van der Waals surface area contributed by atoms with Gasteiger partial charge in [-0.3, -0.25) is 0 Å². The first-order valence-electron chi connectivity index (χ1n) is 4.87. The van der Waals surface area contributed by atoms with Crippen molar-refractivity contribution in [2.24, 2.45) is 11.3 Å². The van der Waals surface area contributed by atoms with E-state index in [1.165, 1.54) is 0 Å². The third kappa shape index (κ3) is 4.03. The fraction of sp³-hybridized carbons (Fsp3) is 1.00. The van der Waals surface area contributed by atoms with Crippen molar-refractivity contribution < 1.29 is 8.78 Å². The van der Waals surface area contributed by atoms with Crippen LogP contribution >= 0.6 is 0 Å². The zero-order valence-corrected chi connectivity index (χ0v) is 8.66. The summed E-state index contributed by atoms with van der Waals surface area (Å²) >= 11 is 0. The van der Waals surface area contributed by atoms with E-state index in [0.717, 1.165) is 13.1 Å². The van der Waals surface area contributed by atoms with Gasteiger partial charge in [-0.2, -0.15) is 0 Å². The van der Waals surface area contributed by atoms with Gasteiger partial charge in [0.15, 0.2) is 0 Å². The van der Waals surface area contributed by atoms with Crippen molar-refractivity contribution in [3.8, 4) is 0 Å². The molecule has 0 radical (unpaired) electrons. The van der Waals surface area contributed by atoms with Crippen molar-refractivity contribution in [3.63, 3.8) is 0 Å². The molecule has 1 rings (SSSR count). The SMILES string of the molecule is CC(C)(C)CNCC1CC(F)(F)C1. The summed E-state index contributed by atoms with van der Waals surface area (Å²) in [6.45, 7) is 8.04. The van der Waals surface area contributed by atoms with Crippen LogP contribution < -0.4 is 5.32 Å². The van der Waals surface area contributed by atoms with Gasteiger partial charge in [-0.1, -0.05) is 20.8 Å². The molecule has 1 nitrogen and oxygen atoms in total. The Morgan fingerprint density at radius 3 is 2.23 bits per heavy atom. The summed E-state index contributed by atoms with van der Waals surface area (Å²) in [6.07, 6.45) is 0.147. The maximum absolute atomic E-state index is 12.4. The number of nitrogens with one attached hydrogen (secondary N) is 1. The molecule has 1 fully saturated rings. The molecule has 0 unspecified atom stereocenters. The van der Waals surface area contributed by atoms with Gasteiger partial charge in [0.2, 0.25) is 5.92 Å². The van der Waals surface area contributed by atoms with E-state index in [1.54, 1.807) is 0 Å². The smallest absolute Gasteiger partial charge is 0.248 e. The first-order chi connectivity index (χ1) is 5.79. The van der Waals surface area contributed by atoms with Crippen molar-refractivity contribution in [1.29, 1.82) is 0 Å². The van der Waals surface area contributed by atoms with Gasteiger partial charge in [0.05, 0.1) is 0 Å². The molecule has 13 heavy (non-hydrogen) atoms. The molecule has 0 aromatic heterocycles. The van der Waals surface area contributed by atoms with Crippen LogP contribution in [0.25, 0.3) is 0 Å². The first kappa shape index (κ1) is 10.9. The quantitative estimate of drug-likeness (QED) is 0.723. The van der Waals surface area contributed by atoms with Crippen LogP contribution in [0.2, 0.25) is 0 Å². The molecule has 78 valence electrons. The summed E-state index contributed by atoms with van der Waals surface area (Å²) in [5, 5.41) is 3.23. The molecule has 0 heterocycles. The Kier molecular flexibility index (Phi) is 2.95. The van der Waals surface area contributed by atoms with Crippen LogP contribution in [-0.2, 0) is 0 Å². The fourth-order valence-electron chi connectivity index (χ4n) is 1.58. The Bertz CT molecular complexity index is 164. The largest absolute Gasteiger partial charge is 0.316 e. The van der Waals surface area contributed by atoms with Gasteiger partial charge in [0, 0.05) is 12.8 Å². The highest BCUT2D eigenvalue weighted by atomic mass is 19.3. The standard InChI is InChI=1S/C10H19F2N/c1-9(2,3)7-13-6-8-4-10(11,12)5-8/h8,13H,4-7H2,1-3H3. The van der Waals surface area contributed by atoms with E-state index in [9.17, 15) is 8.78 Å². The van der Waals surface area contributed by atoms with Crippen LogP contribution in [0.15, 0.2) is 0 Å². The Morgan fingerprint density at radius 1 is 1.31 bits per heavy atom. The average Bonchev–Trinajstić information content (AvgIpc) is 1.79. The van der Waals surface area contributed by atoms with Gasteiger partial charge in [-0.05, 0) is 24.4 Å². The Morgan fingerprint density at radius 2 is 1.85 bits per heavy atom. The number of rotatable bonds is 3. The second kappa shape index (κ2) is 3.52. The van der Waals surface area contributed by atoms with Crippen molar-refractivity contribution in [3.05, 3.63) is 0 Å². The molecule has 0 saturated heterocycles. The number of halogens is 2. The lowest BCUT2D eigenvalue weighted by Crippen LogP contribution is -2.42. The molecule has 1 aliphatic carbocycles. The molecule has 0 bridgehead atoms. The van der Waals surface area contributed by atoms with Gasteiger partial charge in [-0.15, -0.1) is 0 Å². The van der Waals surface area contributed by atoms with Gasteiger partial charge in [-0.25, -0.2) is 8.78 Å². The first-order valence-corrected chi connectivity index (χ1v) is 4.87. The van der Waals surface area contributed by atoms with Crippen LogP contribution in [0.1, 0.15) is 33.6 Å². The maximum Gasteiger partial charge on any atom is 0.248 e. The monoisotopic (exact) mass is 191 g/mol. The summed E-state index contributed by atoms with van der Waals surface area (Å²) in [5.41, 5.74) is 0.242. The third-order valence-corrected chi connectivity index (χ3v) is 2.26. The molecule has 1 N–H and O–H groups in total. The molecule has 1 aliphatic rings. The molecule has 0 amide bonds. The molecular weight excluding hydrogens is 172 g/mol. The molecule has 0 aromatic rings. The molecule has 0 aromatic carbocycles. The topological polar surface area (TPSA) is 12.0 Å². The second-order valence-electron chi connectivity index (χ2n) is 5.32. The van der Waals surface area contributed by atoms with E-state index >= 15 is 0 Å². The minimum Gasteiger partial charge on any atom is -0.316 e. The lowest BCUT2D eigenvalue weighted by molar-refractivity contribution is -0.109. The highest BCUT2D eigenvalue weighted by Crippen LogP contribution is 2.41. The molecule has 1 saturated carbocycles. The number of hydrogen-bond acceptors (Lipinski definition) is 1. The average molecular weight is 191 g/mol. The minimum atomic E-state index is -2.37. The van der Waals surface area contributed by atoms with Crippen LogP contribution in [0.3, 0.4) is 0 Å². The number of hydrogen-bond donors (Lipinski definition) is 1. The summed E-state index contributed by atoms with van der Waals surface area (Å²) in [6, 6.07) is 0. The minimum absolute atomic E-state index is 0.0736. The van der Waals surface area contributed by atoms with E-state index in [0.29, 0.717) is 0 Å². The van der Waals surface area contributed by atoms with Crippen LogP contribution in [0.4, 0.5) is 8.78 Å². The molecule has 0 atom stereocenters. The molecule has 0 spiro atoms. The van der Waals surface area contributed by atoms with Crippen LogP contribution in [-0.4, -0.2) is 19.0 Å². The van der Waals surface area contributed by atoms with Crippen molar-refractivity contribution in [1.82, 2.24) is 5.32 Å². The summed E-state index contributed by atoms with van der Waals surface area (Å²) in [7, 11) is 0. The van der Waals surface area contributed by atoms with Crippen molar-refractivity contribution in [2.45, 2.75) is 39.5 Å². The normalized spacial score (nSPS) is 22.8. The fourth-order valence-corrected chi connectivity index (χ4v) is 1.58. The predicted octanol–water partition coefficient (Wildman–Crippen LogP) is 2.67. The van der Waals surface area contributed by atoms with E-state index in [4.69, 9.17) is 0 Å². The van der Waals surface area contributed by atoms with E-state index in [1.807, 2.05) is 0 Å². The van der Waals surface area contributed by atoms with Gasteiger partial charge >= 0.3 is 0 Å². The molecule has 0 aliphatic heterocycles. The summed E-state index contributed by atoms with van der Waals surface area (Å²) in [5.74, 6) is -2.17. The second-order valence-corrected chi connectivity index (χ2v) is 5.32. The maximum atomic E-state index is 12.4.